The number of fused-ring (bicyclic) bond motifs is 1. The van der Waals surface area contributed by atoms with Crippen molar-refractivity contribution in [2.75, 3.05) is 25.2 Å². The molecule has 0 saturated carbocycles. The number of ether oxygens (including phenoxy) is 1. The lowest BCUT2D eigenvalue weighted by Gasteiger charge is -2.44. The van der Waals surface area contributed by atoms with Crippen LogP contribution in [-0.4, -0.2) is 79.0 Å². The fourth-order valence-electron chi connectivity index (χ4n) is 9.02. The average molecular weight is 930 g/mol. The van der Waals surface area contributed by atoms with Gasteiger partial charge in [-0.05, 0) is 110 Å². The second-order valence-electron chi connectivity index (χ2n) is 16.4. The van der Waals surface area contributed by atoms with Gasteiger partial charge in [-0.1, -0.05) is 112 Å². The van der Waals surface area contributed by atoms with Crippen LogP contribution in [0.4, 0.5) is 5.69 Å². The summed E-state index contributed by atoms with van der Waals surface area (Å²) in [5, 5.41) is 55.5. The standard InChI is InChI=1S/C46H53BINO9Si/c1-6-29(22-30-23-38(48)43(52)40(24-30)57-5)20-21-39(51)41-31(28-58-59(46(2,3)4,34-16-9-7-10-17-34)35-18-11-8-12-19-35)25-36-42(37(41)27-50)45(54)49(44(36)53)33-15-13-14-32(26-33)47(55)56/h7-19,22-24,26,36-37,39,42,50-52,55-56H,6,20-21,25,27-28H2,1-5H3/b29-22+/t36-,37+,39-,42-/m1/s1. The van der Waals surface area contributed by atoms with Crippen LogP contribution < -0.4 is 25.5 Å². The molecule has 1 saturated heterocycles. The topological polar surface area (TPSA) is 157 Å². The van der Waals surface area contributed by atoms with E-state index in [-0.39, 0.29) is 41.4 Å². The highest BCUT2D eigenvalue weighted by molar-refractivity contribution is 14.1. The zero-order valence-corrected chi connectivity index (χ0v) is 37.3. The van der Waals surface area contributed by atoms with Crippen molar-refractivity contribution in [3.8, 4) is 11.5 Å². The van der Waals surface area contributed by atoms with E-state index in [1.54, 1.807) is 18.2 Å². The molecule has 4 aromatic rings. The number of rotatable bonds is 15. The molecule has 4 aromatic carbocycles. The highest BCUT2D eigenvalue weighted by atomic mass is 127. The third kappa shape index (κ3) is 8.88. The van der Waals surface area contributed by atoms with Crippen LogP contribution in [0.1, 0.15) is 58.9 Å². The van der Waals surface area contributed by atoms with Gasteiger partial charge in [0.05, 0.1) is 47.5 Å². The highest BCUT2D eigenvalue weighted by Gasteiger charge is 2.56. The number of aliphatic hydroxyl groups is 2. The number of halogens is 1. The van der Waals surface area contributed by atoms with Crippen LogP contribution in [0.15, 0.2) is 114 Å². The Morgan fingerprint density at radius 1 is 0.966 bits per heavy atom. The molecule has 2 amide bonds. The largest absolute Gasteiger partial charge is 0.504 e. The number of aliphatic hydroxyl groups excluding tert-OH is 2. The first kappa shape index (κ1) is 44.5. The van der Waals surface area contributed by atoms with E-state index in [1.165, 1.54) is 19.2 Å². The molecule has 1 aliphatic carbocycles. The molecule has 1 heterocycles. The smallest absolute Gasteiger partial charge is 0.488 e. The maximum Gasteiger partial charge on any atom is 0.488 e. The van der Waals surface area contributed by atoms with Crippen LogP contribution in [0.3, 0.4) is 0 Å². The molecular weight excluding hydrogens is 876 g/mol. The quantitative estimate of drug-likeness (QED) is 0.0462. The molecule has 1 fully saturated rings. The van der Waals surface area contributed by atoms with Crippen LogP contribution >= 0.6 is 22.6 Å². The second kappa shape index (κ2) is 18.7. The molecule has 310 valence electrons. The number of carbonyl (C=O) groups is 2. The molecular formula is C46H53BINO9Si. The Kier molecular flexibility index (Phi) is 14.1. The minimum atomic E-state index is -3.11. The lowest BCUT2D eigenvalue weighted by atomic mass is 9.68. The molecule has 6 rings (SSSR count). The zero-order valence-electron chi connectivity index (χ0n) is 34.1. The predicted octanol–water partition coefficient (Wildman–Crippen LogP) is 5.31. The van der Waals surface area contributed by atoms with Crippen molar-refractivity contribution in [3.63, 3.8) is 0 Å². The monoisotopic (exact) mass is 929 g/mol. The lowest BCUT2D eigenvalue weighted by Crippen LogP contribution is -2.66. The Balaban J connectivity index is 1.43. The van der Waals surface area contributed by atoms with Gasteiger partial charge in [-0.15, -0.1) is 0 Å². The van der Waals surface area contributed by atoms with Crippen molar-refractivity contribution in [1.82, 2.24) is 0 Å². The second-order valence-corrected chi connectivity index (χ2v) is 21.8. The van der Waals surface area contributed by atoms with E-state index in [1.807, 2.05) is 55.5 Å². The number of anilines is 1. The van der Waals surface area contributed by atoms with Gasteiger partial charge in [0.2, 0.25) is 11.8 Å². The molecule has 1 aliphatic heterocycles. The summed E-state index contributed by atoms with van der Waals surface area (Å²) >= 11 is 2.06. The van der Waals surface area contributed by atoms with E-state index < -0.39 is 57.7 Å². The van der Waals surface area contributed by atoms with Gasteiger partial charge < -0.3 is 34.5 Å². The fourth-order valence-corrected chi connectivity index (χ4v) is 14.2. The molecule has 0 bridgehead atoms. The van der Waals surface area contributed by atoms with E-state index in [0.29, 0.717) is 33.3 Å². The van der Waals surface area contributed by atoms with Crippen molar-refractivity contribution >= 4 is 77.4 Å². The average Bonchev–Trinajstić information content (AvgIpc) is 3.48. The number of methoxy groups -OCH3 is 1. The van der Waals surface area contributed by atoms with Gasteiger partial charge in [0.15, 0.2) is 11.5 Å². The summed E-state index contributed by atoms with van der Waals surface area (Å²) in [7, 11) is -3.40. The Morgan fingerprint density at radius 2 is 1.61 bits per heavy atom. The maximum absolute atomic E-state index is 14.4. The van der Waals surface area contributed by atoms with E-state index in [0.717, 1.165) is 26.4 Å². The number of hydrogen-bond acceptors (Lipinski definition) is 9. The van der Waals surface area contributed by atoms with E-state index >= 15 is 0 Å². The Morgan fingerprint density at radius 3 is 2.17 bits per heavy atom. The number of hydrogen-bond donors (Lipinski definition) is 5. The van der Waals surface area contributed by atoms with Crippen LogP contribution in [0.2, 0.25) is 5.04 Å². The summed E-state index contributed by atoms with van der Waals surface area (Å²) in [6, 6.07) is 30.0. The van der Waals surface area contributed by atoms with Gasteiger partial charge in [-0.3, -0.25) is 14.5 Å². The molecule has 0 radical (unpaired) electrons. The summed E-state index contributed by atoms with van der Waals surface area (Å²) < 4.78 is 13.4. The lowest BCUT2D eigenvalue weighted by molar-refractivity contribution is -0.123. The molecule has 10 nitrogen and oxygen atoms in total. The van der Waals surface area contributed by atoms with Crippen LogP contribution in [0, 0.1) is 21.3 Å². The number of allylic oxidation sites excluding steroid dienone is 1. The van der Waals surface area contributed by atoms with Crippen molar-refractivity contribution < 1.29 is 44.1 Å². The number of phenols is 1. The summed E-state index contributed by atoms with van der Waals surface area (Å²) in [6.45, 7) is 8.14. The Bertz CT molecular complexity index is 2170. The number of aromatic hydroxyl groups is 1. The molecule has 59 heavy (non-hydrogen) atoms. The SMILES string of the molecule is CC/C(=C\c1cc(I)c(O)c(OC)c1)CC[C@@H](O)C1=C(CO[Si](c2ccccc2)(c2ccccc2)C(C)(C)C)C[C@H]2C(=O)N(c3cccc(B(O)O)c3)C(=O)[C@H]2[C@H]1CO. The number of carbonyl (C=O) groups excluding carboxylic acids is 2. The Hall–Kier alpha value is -4.09. The number of amides is 2. The number of benzene rings is 4. The van der Waals surface area contributed by atoms with Gasteiger partial charge in [0.25, 0.3) is 8.32 Å². The molecule has 0 spiro atoms. The molecule has 4 atom stereocenters. The first-order valence-corrected chi connectivity index (χ1v) is 23.0. The maximum atomic E-state index is 14.4. The third-order valence-corrected chi connectivity index (χ3v) is 17.7. The van der Waals surface area contributed by atoms with Gasteiger partial charge in [0, 0.05) is 5.92 Å². The summed E-state index contributed by atoms with van der Waals surface area (Å²) in [4.78, 5) is 29.9. The molecule has 2 aliphatic rings. The van der Waals surface area contributed by atoms with Crippen molar-refractivity contribution in [2.45, 2.75) is 64.5 Å². The van der Waals surface area contributed by atoms with Gasteiger partial charge in [-0.2, -0.15) is 0 Å². The first-order chi connectivity index (χ1) is 28.2. The number of phenolic OH excluding ortho intramolecular Hbond substituents is 1. The highest BCUT2D eigenvalue weighted by Crippen LogP contribution is 2.48. The van der Waals surface area contributed by atoms with Crippen molar-refractivity contribution in [2.24, 2.45) is 17.8 Å². The Labute approximate surface area is 361 Å². The van der Waals surface area contributed by atoms with Gasteiger partial charge in [0.1, 0.15) is 0 Å². The van der Waals surface area contributed by atoms with Crippen molar-refractivity contribution in [3.05, 3.63) is 123 Å². The van der Waals surface area contributed by atoms with Crippen LogP contribution in [0.25, 0.3) is 6.08 Å². The summed E-state index contributed by atoms with van der Waals surface area (Å²) in [6.07, 6.45) is 2.53. The molecule has 13 heteroatoms. The number of imide groups is 1. The van der Waals surface area contributed by atoms with E-state index in [2.05, 4.69) is 67.6 Å². The van der Waals surface area contributed by atoms with Gasteiger partial charge >= 0.3 is 7.12 Å². The van der Waals surface area contributed by atoms with Crippen LogP contribution in [0.5, 0.6) is 11.5 Å². The third-order valence-electron chi connectivity index (χ3n) is 11.9. The summed E-state index contributed by atoms with van der Waals surface area (Å²) in [5.41, 5.74) is 3.43. The summed E-state index contributed by atoms with van der Waals surface area (Å²) in [5.74, 6) is -3.20. The minimum absolute atomic E-state index is 0.0648. The van der Waals surface area contributed by atoms with Crippen LogP contribution in [-0.2, 0) is 14.0 Å². The van der Waals surface area contributed by atoms with Gasteiger partial charge in [-0.25, -0.2) is 0 Å². The predicted molar refractivity (Wildman–Crippen MR) is 242 cm³/mol. The first-order valence-electron chi connectivity index (χ1n) is 20.0. The normalized spacial score (nSPS) is 19.3. The van der Waals surface area contributed by atoms with E-state index in [9.17, 15) is 35.0 Å². The molecule has 0 aromatic heterocycles. The van der Waals surface area contributed by atoms with E-state index in [4.69, 9.17) is 9.16 Å². The minimum Gasteiger partial charge on any atom is -0.504 e. The zero-order chi connectivity index (χ0) is 42.6. The van der Waals surface area contributed by atoms with Crippen molar-refractivity contribution in [1.29, 1.82) is 0 Å². The number of nitrogens with zero attached hydrogens (tertiary/aromatic N) is 1. The molecule has 5 N–H and O–H groups in total. The molecule has 0 unspecified atom stereocenters. The fraction of sp³-hybridized carbons (Fsp3) is 0.348.